The Hall–Kier alpha value is 0.270. The Morgan fingerprint density at radius 2 is 1.78 bits per heavy atom. The summed E-state index contributed by atoms with van der Waals surface area (Å²) in [5, 5.41) is 3.53. The number of nitrogens with one attached hydrogen (secondary N) is 1. The second-order valence-corrected chi connectivity index (χ2v) is 3.58. The van der Waals surface area contributed by atoms with E-state index in [9.17, 15) is 0 Å². The molecule has 52 valence electrons. The minimum absolute atomic E-state index is 0.737. The molecule has 2 aliphatic rings. The molecule has 2 aliphatic heterocycles. The van der Waals surface area contributed by atoms with E-state index in [4.69, 9.17) is 0 Å². The van der Waals surface area contributed by atoms with Crippen molar-refractivity contribution in [3.05, 3.63) is 0 Å². The van der Waals surface area contributed by atoms with Crippen LogP contribution < -0.4 is 5.32 Å². The number of thiol groups is 1. The highest BCUT2D eigenvalue weighted by atomic mass is 32.1. The van der Waals surface area contributed by atoms with Gasteiger partial charge in [-0.05, 0) is 12.8 Å². The first-order valence-corrected chi connectivity index (χ1v) is 3.94. The number of rotatable bonds is 0. The Morgan fingerprint density at radius 1 is 1.22 bits per heavy atom. The lowest BCUT2D eigenvalue weighted by Crippen LogP contribution is -2.47. The van der Waals surface area contributed by atoms with Crippen molar-refractivity contribution in [3.63, 3.8) is 0 Å². The second-order valence-electron chi connectivity index (χ2n) is 3.01. The zero-order valence-electron chi connectivity index (χ0n) is 5.38. The van der Waals surface area contributed by atoms with E-state index in [2.05, 4.69) is 22.4 Å². The third-order valence-corrected chi connectivity index (χ3v) is 2.52. The summed E-state index contributed by atoms with van der Waals surface area (Å²) in [6.07, 6.45) is 2.70. The number of hydrogen-bond acceptors (Lipinski definition) is 3. The fraction of sp³-hybridized carbons (Fsp3) is 1.00. The Labute approximate surface area is 61.2 Å². The van der Waals surface area contributed by atoms with Gasteiger partial charge in [0.2, 0.25) is 0 Å². The predicted molar refractivity (Wildman–Crippen MR) is 40.5 cm³/mol. The Kier molecular flexibility index (Phi) is 1.43. The molecule has 9 heavy (non-hydrogen) atoms. The Morgan fingerprint density at radius 3 is 2.33 bits per heavy atom. The van der Waals surface area contributed by atoms with E-state index in [0.29, 0.717) is 0 Å². The molecule has 0 saturated carbocycles. The van der Waals surface area contributed by atoms with E-state index >= 15 is 0 Å². The van der Waals surface area contributed by atoms with Crippen molar-refractivity contribution in [1.29, 1.82) is 0 Å². The van der Waals surface area contributed by atoms with Gasteiger partial charge < -0.3 is 5.32 Å². The minimum atomic E-state index is 0.737. The number of hydrogen-bond donors (Lipinski definition) is 2. The van der Waals surface area contributed by atoms with Crippen LogP contribution in [0.4, 0.5) is 0 Å². The van der Waals surface area contributed by atoms with Crippen molar-refractivity contribution in [2.45, 2.75) is 24.9 Å². The van der Waals surface area contributed by atoms with E-state index in [1.165, 1.54) is 12.8 Å². The van der Waals surface area contributed by atoms with Gasteiger partial charge in [-0.1, -0.05) is 12.8 Å². The van der Waals surface area contributed by atoms with Gasteiger partial charge in [0, 0.05) is 25.2 Å². The average molecular weight is 144 g/mol. The van der Waals surface area contributed by atoms with Gasteiger partial charge in [-0.15, -0.1) is 0 Å². The molecule has 2 saturated heterocycles. The summed E-state index contributed by atoms with van der Waals surface area (Å²) in [5.41, 5.74) is 0. The quantitative estimate of drug-likeness (QED) is 0.474. The highest BCUT2D eigenvalue weighted by Crippen LogP contribution is 2.20. The summed E-state index contributed by atoms with van der Waals surface area (Å²) in [5.74, 6) is 0. The van der Waals surface area contributed by atoms with Gasteiger partial charge in [0.1, 0.15) is 0 Å². The van der Waals surface area contributed by atoms with Crippen LogP contribution in [0, 0.1) is 0 Å². The van der Waals surface area contributed by atoms with Crippen LogP contribution in [0.5, 0.6) is 0 Å². The molecule has 0 radical (unpaired) electrons. The van der Waals surface area contributed by atoms with Gasteiger partial charge in [0.05, 0.1) is 0 Å². The fourth-order valence-electron chi connectivity index (χ4n) is 1.77. The van der Waals surface area contributed by atoms with Crippen molar-refractivity contribution >= 4 is 12.8 Å². The summed E-state index contributed by atoms with van der Waals surface area (Å²) in [4.78, 5) is 0. The van der Waals surface area contributed by atoms with Crippen molar-refractivity contribution in [1.82, 2.24) is 9.62 Å². The smallest absolute Gasteiger partial charge is 0.0242 e. The second kappa shape index (κ2) is 2.15. The predicted octanol–water partition coefficient (Wildman–Crippen LogP) is 0.267. The van der Waals surface area contributed by atoms with Gasteiger partial charge >= 0.3 is 0 Å². The van der Waals surface area contributed by atoms with Gasteiger partial charge in [-0.25, -0.2) is 0 Å². The van der Waals surface area contributed by atoms with Crippen LogP contribution in [0.1, 0.15) is 12.8 Å². The lowest BCUT2D eigenvalue weighted by atomic mass is 10.2. The summed E-state index contributed by atoms with van der Waals surface area (Å²) >= 11 is 4.31. The molecule has 3 heteroatoms. The highest BCUT2D eigenvalue weighted by Gasteiger charge is 2.30. The van der Waals surface area contributed by atoms with Crippen molar-refractivity contribution in [2.75, 3.05) is 13.1 Å². The zero-order valence-corrected chi connectivity index (χ0v) is 6.27. The molecular formula is C6H12N2S. The lowest BCUT2D eigenvalue weighted by molar-refractivity contribution is 0.322. The average Bonchev–Trinajstić information content (AvgIpc) is 2.11. The molecule has 2 heterocycles. The van der Waals surface area contributed by atoms with Crippen LogP contribution in [-0.2, 0) is 0 Å². The van der Waals surface area contributed by atoms with E-state index in [-0.39, 0.29) is 0 Å². The monoisotopic (exact) mass is 144 g/mol. The van der Waals surface area contributed by atoms with Crippen LogP contribution in [0.15, 0.2) is 0 Å². The topological polar surface area (TPSA) is 15.3 Å². The molecule has 2 unspecified atom stereocenters. The van der Waals surface area contributed by atoms with Crippen LogP contribution in [-0.4, -0.2) is 29.5 Å². The maximum atomic E-state index is 4.31. The molecule has 2 bridgehead atoms. The largest absolute Gasteiger partial charge is 0.309 e. The normalized spacial score (nSPS) is 43.7. The number of piperazine rings is 1. The summed E-state index contributed by atoms with van der Waals surface area (Å²) < 4.78 is 2.12. The third-order valence-electron chi connectivity index (χ3n) is 2.20. The maximum absolute atomic E-state index is 4.31. The molecule has 1 N–H and O–H groups in total. The molecule has 2 fully saturated rings. The van der Waals surface area contributed by atoms with Gasteiger partial charge in [0.15, 0.2) is 0 Å². The molecule has 0 amide bonds. The first kappa shape index (κ1) is 6.01. The molecule has 0 aromatic carbocycles. The molecule has 0 aromatic rings. The first-order chi connectivity index (χ1) is 4.34. The summed E-state index contributed by atoms with van der Waals surface area (Å²) in [6.45, 7) is 2.25. The summed E-state index contributed by atoms with van der Waals surface area (Å²) in [6, 6.07) is 1.47. The standard InChI is InChI=1S/C6H12N2S/c9-8-3-5-1-2-6(4-8)7-5/h5-7,9H,1-4H2. The first-order valence-electron chi connectivity index (χ1n) is 3.54. The molecule has 2 nitrogen and oxygen atoms in total. The van der Waals surface area contributed by atoms with Crippen molar-refractivity contribution in [3.8, 4) is 0 Å². The number of nitrogens with zero attached hydrogens (tertiary/aromatic N) is 1. The number of fused-ring (bicyclic) bond motifs is 2. The van der Waals surface area contributed by atoms with Gasteiger partial charge in [-0.3, -0.25) is 4.31 Å². The minimum Gasteiger partial charge on any atom is -0.309 e. The Bertz CT molecular complexity index is 106. The molecule has 0 spiro atoms. The third kappa shape index (κ3) is 1.09. The lowest BCUT2D eigenvalue weighted by Gasteiger charge is -2.28. The fourth-order valence-corrected chi connectivity index (χ4v) is 2.17. The maximum Gasteiger partial charge on any atom is 0.0242 e. The van der Waals surface area contributed by atoms with Crippen molar-refractivity contribution in [2.24, 2.45) is 0 Å². The van der Waals surface area contributed by atoms with Crippen LogP contribution in [0.2, 0.25) is 0 Å². The van der Waals surface area contributed by atoms with Gasteiger partial charge in [0.25, 0.3) is 0 Å². The zero-order chi connectivity index (χ0) is 6.27. The SMILES string of the molecule is SN1CC2CCC(C1)N2. The van der Waals surface area contributed by atoms with E-state index in [0.717, 1.165) is 25.2 Å². The van der Waals surface area contributed by atoms with E-state index in [1.54, 1.807) is 0 Å². The van der Waals surface area contributed by atoms with E-state index < -0.39 is 0 Å². The van der Waals surface area contributed by atoms with Crippen LogP contribution in [0.25, 0.3) is 0 Å². The van der Waals surface area contributed by atoms with Crippen LogP contribution >= 0.6 is 12.8 Å². The van der Waals surface area contributed by atoms with E-state index in [1.807, 2.05) is 0 Å². The molecule has 0 aliphatic carbocycles. The highest BCUT2D eigenvalue weighted by molar-refractivity contribution is 7.77. The molecule has 2 rings (SSSR count). The van der Waals surface area contributed by atoms with Gasteiger partial charge in [-0.2, -0.15) is 0 Å². The molecule has 2 atom stereocenters. The molecular weight excluding hydrogens is 132 g/mol. The Balaban J connectivity index is 2.03. The van der Waals surface area contributed by atoms with Crippen molar-refractivity contribution < 1.29 is 0 Å². The van der Waals surface area contributed by atoms with Crippen LogP contribution in [0.3, 0.4) is 0 Å². The molecule has 0 aromatic heterocycles. The summed E-state index contributed by atoms with van der Waals surface area (Å²) in [7, 11) is 0.